The molecule has 1 N–H and O–H groups in total. The summed E-state index contributed by atoms with van der Waals surface area (Å²) in [6.07, 6.45) is 1.74. The van der Waals surface area contributed by atoms with Crippen LogP contribution in [-0.4, -0.2) is 25.2 Å². The molecule has 0 saturated heterocycles. The predicted octanol–water partition coefficient (Wildman–Crippen LogP) is 4.20. The number of nitrogens with zero attached hydrogens (tertiary/aromatic N) is 1. The van der Waals surface area contributed by atoms with E-state index in [-0.39, 0.29) is 5.91 Å². The van der Waals surface area contributed by atoms with Gasteiger partial charge in [-0.1, -0.05) is 50.1 Å². The fourth-order valence-corrected chi connectivity index (χ4v) is 2.90. The van der Waals surface area contributed by atoms with Gasteiger partial charge in [0.1, 0.15) is 5.75 Å². The Balaban J connectivity index is 2.21. The minimum absolute atomic E-state index is 0.0741. The molecule has 0 radical (unpaired) electrons. The first-order chi connectivity index (χ1) is 12.1. The molecular formula is C21H27NO3. The maximum absolute atomic E-state index is 13.1. The van der Waals surface area contributed by atoms with Crippen LogP contribution in [0.5, 0.6) is 5.75 Å². The molecule has 0 aliphatic carbocycles. The highest BCUT2D eigenvalue weighted by molar-refractivity contribution is 5.95. The molecule has 4 nitrogen and oxygen atoms in total. The third-order valence-electron chi connectivity index (χ3n) is 4.50. The van der Waals surface area contributed by atoms with Crippen LogP contribution in [0.1, 0.15) is 37.9 Å². The first kappa shape index (κ1) is 19.0. The van der Waals surface area contributed by atoms with Crippen LogP contribution >= 0.6 is 0 Å². The topological polar surface area (TPSA) is 49.8 Å². The van der Waals surface area contributed by atoms with E-state index in [1.807, 2.05) is 54.6 Å². The molecule has 0 saturated carbocycles. The van der Waals surface area contributed by atoms with E-state index < -0.39 is 12.0 Å². The number of benzene rings is 2. The Hall–Kier alpha value is -2.33. The van der Waals surface area contributed by atoms with E-state index in [9.17, 15) is 9.90 Å². The molecule has 2 rings (SSSR count). The fourth-order valence-electron chi connectivity index (χ4n) is 2.90. The van der Waals surface area contributed by atoms with Gasteiger partial charge in [0.15, 0.2) is 0 Å². The summed E-state index contributed by atoms with van der Waals surface area (Å²) in [6.45, 7) is 2.09. The van der Waals surface area contributed by atoms with Gasteiger partial charge >= 0.3 is 0 Å². The highest BCUT2D eigenvalue weighted by Gasteiger charge is 2.30. The number of anilines is 1. The number of rotatable bonds is 8. The van der Waals surface area contributed by atoms with E-state index >= 15 is 0 Å². The quantitative estimate of drug-likeness (QED) is 0.783. The molecule has 2 aromatic carbocycles. The first-order valence-electron chi connectivity index (χ1n) is 8.73. The highest BCUT2D eigenvalue weighted by atomic mass is 16.5. The average Bonchev–Trinajstić information content (AvgIpc) is 2.68. The van der Waals surface area contributed by atoms with Crippen LogP contribution in [0.2, 0.25) is 0 Å². The normalized spacial score (nSPS) is 13.1. The zero-order chi connectivity index (χ0) is 18.2. The largest absolute Gasteiger partial charge is 0.497 e. The Bertz CT molecular complexity index is 655. The van der Waals surface area contributed by atoms with Gasteiger partial charge in [0.2, 0.25) is 5.91 Å². The molecule has 0 fully saturated rings. The lowest BCUT2D eigenvalue weighted by Crippen LogP contribution is -2.36. The van der Waals surface area contributed by atoms with E-state index in [2.05, 4.69) is 6.92 Å². The van der Waals surface area contributed by atoms with Gasteiger partial charge in [0.25, 0.3) is 0 Å². The molecule has 0 heterocycles. The fraction of sp³-hybridized carbons (Fsp3) is 0.381. The van der Waals surface area contributed by atoms with Crippen molar-refractivity contribution in [3.8, 4) is 5.75 Å². The number of carbonyl (C=O) groups is 1. The smallest absolute Gasteiger partial charge is 0.232 e. The van der Waals surface area contributed by atoms with E-state index in [0.717, 1.165) is 29.8 Å². The van der Waals surface area contributed by atoms with Crippen molar-refractivity contribution in [2.75, 3.05) is 19.1 Å². The van der Waals surface area contributed by atoms with Crippen LogP contribution in [0.4, 0.5) is 5.69 Å². The Kier molecular flexibility index (Phi) is 7.02. The van der Waals surface area contributed by atoms with Crippen LogP contribution in [-0.2, 0) is 4.79 Å². The van der Waals surface area contributed by atoms with Gasteiger partial charge in [-0.2, -0.15) is 0 Å². The van der Waals surface area contributed by atoms with E-state index in [4.69, 9.17) is 4.74 Å². The third kappa shape index (κ3) is 4.83. The van der Waals surface area contributed by atoms with Gasteiger partial charge < -0.3 is 14.7 Å². The number of hydrogen-bond acceptors (Lipinski definition) is 3. The van der Waals surface area contributed by atoms with Crippen molar-refractivity contribution in [2.24, 2.45) is 5.92 Å². The second-order valence-corrected chi connectivity index (χ2v) is 6.20. The molecule has 134 valence electrons. The van der Waals surface area contributed by atoms with Gasteiger partial charge in [-0.05, 0) is 36.2 Å². The molecule has 0 aliphatic heterocycles. The summed E-state index contributed by atoms with van der Waals surface area (Å²) >= 11 is 0. The Labute approximate surface area is 150 Å². The monoisotopic (exact) mass is 341 g/mol. The Morgan fingerprint density at radius 3 is 2.32 bits per heavy atom. The Morgan fingerprint density at radius 2 is 1.76 bits per heavy atom. The molecule has 25 heavy (non-hydrogen) atoms. The number of amides is 1. The number of ether oxygens (including phenoxy) is 1. The maximum Gasteiger partial charge on any atom is 0.232 e. The summed E-state index contributed by atoms with van der Waals surface area (Å²) in [4.78, 5) is 14.7. The molecular weight excluding hydrogens is 314 g/mol. The number of carbonyl (C=O) groups excluding carboxylic acids is 1. The van der Waals surface area contributed by atoms with Crippen molar-refractivity contribution in [2.45, 2.75) is 32.3 Å². The molecule has 0 unspecified atom stereocenters. The summed E-state index contributed by atoms with van der Waals surface area (Å²) in [5.74, 6) is 0.209. The van der Waals surface area contributed by atoms with Gasteiger partial charge in [-0.15, -0.1) is 0 Å². The summed E-state index contributed by atoms with van der Waals surface area (Å²) < 4.78 is 5.16. The minimum Gasteiger partial charge on any atom is -0.497 e. The summed E-state index contributed by atoms with van der Waals surface area (Å²) in [6, 6.07) is 16.8. The van der Waals surface area contributed by atoms with E-state index in [1.54, 1.807) is 19.1 Å². The lowest BCUT2D eigenvalue weighted by molar-refractivity contribution is -0.126. The highest BCUT2D eigenvalue weighted by Crippen LogP contribution is 2.30. The standard InChI is InChI=1S/C21H27NO3/c1-4-5-11-19(20(23)16-9-7-6-8-10-16)21(24)22(2)17-12-14-18(25-3)15-13-17/h6-10,12-15,19-20,23H,4-5,11H2,1-3H3/t19-,20-/m1/s1. The van der Waals surface area contributed by atoms with Crippen LogP contribution < -0.4 is 9.64 Å². The van der Waals surface area contributed by atoms with Crippen molar-refractivity contribution in [3.05, 3.63) is 60.2 Å². The molecule has 4 heteroatoms. The molecule has 2 atom stereocenters. The second-order valence-electron chi connectivity index (χ2n) is 6.20. The molecule has 0 aromatic heterocycles. The number of unbranched alkanes of at least 4 members (excludes halogenated alkanes) is 1. The summed E-state index contributed by atoms with van der Waals surface area (Å²) in [5, 5.41) is 10.8. The maximum atomic E-state index is 13.1. The van der Waals surface area contributed by atoms with Gasteiger partial charge in [0, 0.05) is 12.7 Å². The van der Waals surface area contributed by atoms with Crippen molar-refractivity contribution in [3.63, 3.8) is 0 Å². The Morgan fingerprint density at radius 1 is 1.12 bits per heavy atom. The minimum atomic E-state index is -0.805. The van der Waals surface area contributed by atoms with E-state index in [0.29, 0.717) is 6.42 Å². The molecule has 0 spiro atoms. The zero-order valence-electron chi connectivity index (χ0n) is 15.2. The first-order valence-corrected chi connectivity index (χ1v) is 8.73. The van der Waals surface area contributed by atoms with Crippen LogP contribution in [0.25, 0.3) is 0 Å². The number of hydrogen-bond donors (Lipinski definition) is 1. The van der Waals surface area contributed by atoms with Crippen molar-refractivity contribution in [1.82, 2.24) is 0 Å². The molecule has 0 bridgehead atoms. The van der Waals surface area contributed by atoms with Crippen molar-refractivity contribution < 1.29 is 14.6 Å². The van der Waals surface area contributed by atoms with E-state index in [1.165, 1.54) is 0 Å². The summed E-state index contributed by atoms with van der Waals surface area (Å²) in [5.41, 5.74) is 1.56. The molecule has 1 amide bonds. The molecule has 0 aliphatic rings. The lowest BCUT2D eigenvalue weighted by atomic mass is 9.90. The number of aliphatic hydroxyl groups is 1. The molecule has 2 aromatic rings. The zero-order valence-corrected chi connectivity index (χ0v) is 15.2. The van der Waals surface area contributed by atoms with Crippen LogP contribution in [0, 0.1) is 5.92 Å². The number of aliphatic hydroxyl groups excluding tert-OH is 1. The second kappa shape index (κ2) is 9.23. The third-order valence-corrected chi connectivity index (χ3v) is 4.50. The van der Waals surface area contributed by atoms with Gasteiger partial charge in [-0.3, -0.25) is 4.79 Å². The van der Waals surface area contributed by atoms with Crippen LogP contribution in [0.15, 0.2) is 54.6 Å². The van der Waals surface area contributed by atoms with Gasteiger partial charge in [-0.25, -0.2) is 0 Å². The van der Waals surface area contributed by atoms with Crippen molar-refractivity contribution in [1.29, 1.82) is 0 Å². The van der Waals surface area contributed by atoms with Gasteiger partial charge in [0.05, 0.1) is 19.1 Å². The number of methoxy groups -OCH3 is 1. The SMILES string of the molecule is CCCC[C@@H](C(=O)N(C)c1ccc(OC)cc1)[C@H](O)c1ccccc1. The lowest BCUT2D eigenvalue weighted by Gasteiger charge is -2.27. The van der Waals surface area contributed by atoms with Crippen molar-refractivity contribution >= 4 is 11.6 Å². The summed E-state index contributed by atoms with van der Waals surface area (Å²) in [7, 11) is 3.36. The average molecular weight is 341 g/mol. The predicted molar refractivity (Wildman–Crippen MR) is 101 cm³/mol. The van der Waals surface area contributed by atoms with Crippen LogP contribution in [0.3, 0.4) is 0 Å².